The van der Waals surface area contributed by atoms with E-state index in [1.54, 1.807) is 0 Å². The number of aliphatic hydroxyl groups is 1. The molecule has 1 fully saturated rings. The number of hydrogen-bond donors (Lipinski definition) is 1. The lowest BCUT2D eigenvalue weighted by Crippen LogP contribution is -2.27. The van der Waals surface area contributed by atoms with Crippen molar-refractivity contribution in [1.29, 1.82) is 0 Å². The number of fused-ring (bicyclic) bond motifs is 1. The van der Waals surface area contributed by atoms with Crippen LogP contribution in [0.15, 0.2) is 24.5 Å². The van der Waals surface area contributed by atoms with Crippen molar-refractivity contribution in [2.24, 2.45) is 5.92 Å². The predicted octanol–water partition coefficient (Wildman–Crippen LogP) is 1.86. The van der Waals surface area contributed by atoms with Crippen molar-refractivity contribution in [3.05, 3.63) is 41.3 Å². The van der Waals surface area contributed by atoms with E-state index in [1.165, 1.54) is 29.7 Å². The van der Waals surface area contributed by atoms with E-state index in [0.717, 1.165) is 37.6 Å². The first kappa shape index (κ1) is 17.2. The quantitative estimate of drug-likeness (QED) is 0.905. The molecule has 0 spiro atoms. The number of aromatic nitrogens is 3. The number of nitrogens with zero attached hydrogens (tertiary/aromatic N) is 5. The first-order valence-electron chi connectivity index (χ1n) is 9.51. The lowest BCUT2D eigenvalue weighted by atomic mass is 9.96. The molecule has 6 heteroatoms. The molecule has 0 saturated carbocycles. The van der Waals surface area contributed by atoms with E-state index in [4.69, 9.17) is 9.97 Å². The third-order valence-electron chi connectivity index (χ3n) is 5.50. The predicted molar refractivity (Wildman–Crippen MR) is 103 cm³/mol. The minimum absolute atomic E-state index is 0.217. The summed E-state index contributed by atoms with van der Waals surface area (Å²) in [5, 5.41) is 10.7. The van der Waals surface area contributed by atoms with Crippen LogP contribution in [0.4, 0.5) is 11.8 Å². The molecule has 2 unspecified atom stereocenters. The molecule has 2 atom stereocenters. The van der Waals surface area contributed by atoms with Gasteiger partial charge in [0.05, 0.1) is 11.8 Å². The van der Waals surface area contributed by atoms with Crippen molar-refractivity contribution < 1.29 is 5.11 Å². The van der Waals surface area contributed by atoms with Gasteiger partial charge in [-0.2, -0.15) is 4.98 Å². The Hall–Kier alpha value is -2.21. The average molecular weight is 353 g/mol. The lowest BCUT2D eigenvalue weighted by Gasteiger charge is -2.26. The lowest BCUT2D eigenvalue weighted by molar-refractivity contribution is 0.148. The molecule has 1 aliphatic heterocycles. The van der Waals surface area contributed by atoms with Crippen LogP contribution in [0.25, 0.3) is 0 Å². The van der Waals surface area contributed by atoms with E-state index >= 15 is 0 Å². The molecule has 0 radical (unpaired) electrons. The minimum atomic E-state index is -0.333. The van der Waals surface area contributed by atoms with Gasteiger partial charge in [-0.3, -0.25) is 4.98 Å². The molecule has 6 nitrogen and oxygen atoms in total. The van der Waals surface area contributed by atoms with Gasteiger partial charge in [-0.25, -0.2) is 4.98 Å². The molecular weight excluding hydrogens is 326 g/mol. The van der Waals surface area contributed by atoms with Gasteiger partial charge in [0.15, 0.2) is 0 Å². The molecule has 0 aromatic carbocycles. The molecule has 2 aliphatic rings. The summed E-state index contributed by atoms with van der Waals surface area (Å²) in [5.74, 6) is 2.02. The summed E-state index contributed by atoms with van der Waals surface area (Å²) in [6.45, 7) is 1.48. The van der Waals surface area contributed by atoms with E-state index < -0.39 is 0 Å². The van der Waals surface area contributed by atoms with E-state index in [9.17, 15) is 5.11 Å². The molecule has 2 aromatic heterocycles. The maximum atomic E-state index is 10.7. The molecule has 1 N–H and O–H groups in total. The Balaban J connectivity index is 1.60. The first-order chi connectivity index (χ1) is 12.6. The van der Waals surface area contributed by atoms with Crippen molar-refractivity contribution in [3.63, 3.8) is 0 Å². The summed E-state index contributed by atoms with van der Waals surface area (Å²) in [7, 11) is 3.97. The molecule has 4 rings (SSSR count). The van der Waals surface area contributed by atoms with Gasteiger partial charge < -0.3 is 14.9 Å². The van der Waals surface area contributed by atoms with Crippen LogP contribution >= 0.6 is 0 Å². The highest BCUT2D eigenvalue weighted by Gasteiger charge is 2.34. The number of aliphatic hydroxyl groups excluding tert-OH is 1. The Kier molecular flexibility index (Phi) is 4.76. The van der Waals surface area contributed by atoms with Gasteiger partial charge in [-0.1, -0.05) is 0 Å². The van der Waals surface area contributed by atoms with E-state index in [-0.39, 0.29) is 12.0 Å². The van der Waals surface area contributed by atoms with Gasteiger partial charge in [0, 0.05) is 51.1 Å². The van der Waals surface area contributed by atoms with Crippen LogP contribution in [0.1, 0.15) is 29.7 Å². The largest absolute Gasteiger partial charge is 0.391 e. The molecule has 2 aromatic rings. The summed E-state index contributed by atoms with van der Waals surface area (Å²) >= 11 is 0. The second-order valence-corrected chi connectivity index (χ2v) is 7.67. The van der Waals surface area contributed by atoms with Gasteiger partial charge in [-0.05, 0) is 49.8 Å². The summed E-state index contributed by atoms with van der Waals surface area (Å²) in [6, 6.07) is 4.07. The highest BCUT2D eigenvalue weighted by atomic mass is 16.3. The van der Waals surface area contributed by atoms with Crippen molar-refractivity contribution >= 4 is 11.8 Å². The zero-order valence-corrected chi connectivity index (χ0v) is 15.6. The SMILES string of the molecule is CN(C)c1nc2c(c(N3CC(O)C(Cc4ccncc4)C3)n1)CCCC2. The summed E-state index contributed by atoms with van der Waals surface area (Å²) in [5.41, 5.74) is 3.71. The molecule has 1 saturated heterocycles. The van der Waals surface area contributed by atoms with E-state index in [2.05, 4.69) is 9.88 Å². The average Bonchev–Trinajstić information content (AvgIpc) is 3.02. The second-order valence-electron chi connectivity index (χ2n) is 7.67. The minimum Gasteiger partial charge on any atom is -0.391 e. The fraction of sp³-hybridized carbons (Fsp3) is 0.550. The fourth-order valence-electron chi connectivity index (χ4n) is 4.07. The number of β-amino-alcohol motifs (C(OH)–C–C–N with tert-alkyl or cyclic N) is 1. The van der Waals surface area contributed by atoms with Crippen LogP contribution in [0.5, 0.6) is 0 Å². The van der Waals surface area contributed by atoms with Crippen LogP contribution in [0.2, 0.25) is 0 Å². The van der Waals surface area contributed by atoms with Crippen LogP contribution in [-0.2, 0) is 19.3 Å². The highest BCUT2D eigenvalue weighted by molar-refractivity contribution is 5.55. The second kappa shape index (κ2) is 7.19. The van der Waals surface area contributed by atoms with Gasteiger partial charge in [0.1, 0.15) is 5.82 Å². The van der Waals surface area contributed by atoms with Gasteiger partial charge >= 0.3 is 0 Å². The van der Waals surface area contributed by atoms with Crippen LogP contribution in [0, 0.1) is 5.92 Å². The Bertz CT molecular complexity index is 764. The van der Waals surface area contributed by atoms with Crippen molar-refractivity contribution in [2.75, 3.05) is 37.0 Å². The maximum Gasteiger partial charge on any atom is 0.227 e. The monoisotopic (exact) mass is 353 g/mol. The van der Waals surface area contributed by atoms with Gasteiger partial charge in [-0.15, -0.1) is 0 Å². The van der Waals surface area contributed by atoms with Gasteiger partial charge in [0.25, 0.3) is 0 Å². The summed E-state index contributed by atoms with van der Waals surface area (Å²) in [4.78, 5) is 18.0. The maximum absolute atomic E-state index is 10.7. The van der Waals surface area contributed by atoms with Crippen LogP contribution in [-0.4, -0.2) is 53.3 Å². The normalized spacial score (nSPS) is 22.3. The molecule has 138 valence electrons. The van der Waals surface area contributed by atoms with Crippen LogP contribution < -0.4 is 9.80 Å². The van der Waals surface area contributed by atoms with Crippen molar-refractivity contribution in [2.45, 2.75) is 38.2 Å². The number of aryl methyl sites for hydroxylation is 1. The highest BCUT2D eigenvalue weighted by Crippen LogP contribution is 2.33. The molecular formula is C20H27N5O. The zero-order chi connectivity index (χ0) is 18.1. The van der Waals surface area contributed by atoms with Crippen molar-refractivity contribution in [3.8, 4) is 0 Å². The third kappa shape index (κ3) is 3.38. The van der Waals surface area contributed by atoms with Crippen LogP contribution in [0.3, 0.4) is 0 Å². The Labute approximate surface area is 154 Å². The fourth-order valence-corrected chi connectivity index (χ4v) is 4.07. The van der Waals surface area contributed by atoms with Crippen molar-refractivity contribution in [1.82, 2.24) is 15.0 Å². The molecule has 3 heterocycles. The topological polar surface area (TPSA) is 65.4 Å². The molecule has 0 amide bonds. The Morgan fingerprint density at radius 1 is 1.12 bits per heavy atom. The number of hydrogen-bond acceptors (Lipinski definition) is 6. The smallest absolute Gasteiger partial charge is 0.227 e. The van der Waals surface area contributed by atoms with E-state index in [1.807, 2.05) is 43.5 Å². The zero-order valence-electron chi connectivity index (χ0n) is 15.6. The third-order valence-corrected chi connectivity index (χ3v) is 5.50. The number of pyridine rings is 1. The summed E-state index contributed by atoms with van der Waals surface area (Å²) in [6.07, 6.45) is 8.64. The summed E-state index contributed by atoms with van der Waals surface area (Å²) < 4.78 is 0. The number of anilines is 2. The number of rotatable bonds is 4. The molecule has 26 heavy (non-hydrogen) atoms. The Morgan fingerprint density at radius 2 is 1.88 bits per heavy atom. The molecule has 1 aliphatic carbocycles. The first-order valence-corrected chi connectivity index (χ1v) is 9.51. The standard InChI is InChI=1S/C20H27N5O/c1-24(2)20-22-17-6-4-3-5-16(17)19(23-20)25-12-15(18(26)13-25)11-14-7-9-21-10-8-14/h7-10,15,18,26H,3-6,11-13H2,1-2H3. The molecule has 0 bridgehead atoms. The van der Waals surface area contributed by atoms with E-state index in [0.29, 0.717) is 6.54 Å². The Morgan fingerprint density at radius 3 is 2.65 bits per heavy atom. The van der Waals surface area contributed by atoms with Gasteiger partial charge in [0.2, 0.25) is 5.95 Å².